The third kappa shape index (κ3) is 4.14. The van der Waals surface area contributed by atoms with Crippen molar-refractivity contribution in [2.45, 2.75) is 17.4 Å². The van der Waals surface area contributed by atoms with E-state index in [1.807, 2.05) is 48.5 Å². The van der Waals surface area contributed by atoms with Crippen LogP contribution in [0.1, 0.15) is 22.9 Å². The van der Waals surface area contributed by atoms with E-state index in [4.69, 9.17) is 9.47 Å². The topological polar surface area (TPSA) is 77.5 Å². The van der Waals surface area contributed by atoms with Gasteiger partial charge in [-0.3, -0.25) is 0 Å². The number of pyridine rings is 1. The number of aromatic nitrogens is 1. The first kappa shape index (κ1) is 20.0. The van der Waals surface area contributed by atoms with Gasteiger partial charge < -0.3 is 9.47 Å². The molecule has 3 heterocycles. The van der Waals surface area contributed by atoms with Crippen molar-refractivity contribution in [2.75, 3.05) is 13.2 Å². The highest BCUT2D eigenvalue weighted by atomic mass is 32.2. The monoisotopic (exact) mass is 452 g/mol. The van der Waals surface area contributed by atoms with E-state index in [1.165, 1.54) is 17.4 Å². The molecule has 0 saturated carbocycles. The minimum Gasteiger partial charge on any atom is -0.490 e. The Hall–Kier alpha value is -2.94. The van der Waals surface area contributed by atoms with Crippen LogP contribution in [0.2, 0.25) is 0 Å². The lowest BCUT2D eigenvalue weighted by atomic mass is 10.1. The predicted molar refractivity (Wildman–Crippen MR) is 120 cm³/mol. The minimum absolute atomic E-state index is 0.136. The average molecular weight is 453 g/mol. The van der Waals surface area contributed by atoms with Crippen LogP contribution in [-0.4, -0.2) is 26.6 Å². The van der Waals surface area contributed by atoms with Crippen molar-refractivity contribution in [3.05, 3.63) is 83.4 Å². The molecule has 0 saturated heterocycles. The molecule has 158 valence electrons. The van der Waals surface area contributed by atoms with Gasteiger partial charge in [0.1, 0.15) is 4.83 Å². The van der Waals surface area contributed by atoms with Crippen molar-refractivity contribution < 1.29 is 17.9 Å². The van der Waals surface area contributed by atoms with Crippen LogP contribution in [0.15, 0.2) is 77.8 Å². The zero-order chi connectivity index (χ0) is 21.3. The fourth-order valence-electron chi connectivity index (χ4n) is 3.50. The normalized spacial score (nSPS) is 14.8. The standard InChI is InChI=1S/C23H20N2O4S2/c26-31(27,18-9-10-19-20(15-18)29-13-5-12-28-19)25-22(16-6-2-1-3-7-16)21-14-17-8-4-11-24-23(17)30-21/h1-4,6-11,14-15,22,25H,5,12-13H2/t22-/m0/s1. The molecule has 31 heavy (non-hydrogen) atoms. The van der Waals surface area contributed by atoms with Gasteiger partial charge in [-0.1, -0.05) is 36.4 Å². The van der Waals surface area contributed by atoms with E-state index in [2.05, 4.69) is 9.71 Å². The SMILES string of the molecule is O=S(=O)(N[C@@H](c1ccccc1)c1cc2cccnc2s1)c1ccc2c(c1)OCCCO2. The van der Waals surface area contributed by atoms with Gasteiger partial charge in [-0.2, -0.15) is 4.72 Å². The molecular weight excluding hydrogens is 432 g/mol. The highest BCUT2D eigenvalue weighted by Crippen LogP contribution is 2.35. The van der Waals surface area contributed by atoms with Crippen LogP contribution in [0.3, 0.4) is 0 Å². The first-order valence-corrected chi connectivity index (χ1v) is 12.2. The zero-order valence-corrected chi connectivity index (χ0v) is 18.2. The van der Waals surface area contributed by atoms with Crippen LogP contribution >= 0.6 is 11.3 Å². The smallest absolute Gasteiger partial charge is 0.241 e. The number of benzene rings is 2. The second-order valence-corrected chi connectivity index (χ2v) is 9.95. The Labute approximate surface area is 184 Å². The molecular formula is C23H20N2O4S2. The lowest BCUT2D eigenvalue weighted by molar-refractivity contribution is 0.297. The quantitative estimate of drug-likeness (QED) is 0.482. The molecule has 8 heteroatoms. The average Bonchev–Trinajstić information content (AvgIpc) is 3.08. The highest BCUT2D eigenvalue weighted by Gasteiger charge is 2.26. The molecule has 1 N–H and O–H groups in total. The maximum Gasteiger partial charge on any atom is 0.241 e. The number of thiophene rings is 1. The Kier molecular flexibility index (Phi) is 5.35. The summed E-state index contributed by atoms with van der Waals surface area (Å²) in [5.74, 6) is 1.01. The van der Waals surface area contributed by atoms with Gasteiger partial charge >= 0.3 is 0 Å². The number of nitrogens with zero attached hydrogens (tertiary/aromatic N) is 1. The van der Waals surface area contributed by atoms with Crippen LogP contribution in [-0.2, 0) is 10.0 Å². The number of rotatable bonds is 5. The third-order valence-electron chi connectivity index (χ3n) is 5.03. The molecule has 2 aromatic carbocycles. The van der Waals surface area contributed by atoms with Gasteiger partial charge in [0.2, 0.25) is 10.0 Å². The molecule has 1 aliphatic heterocycles. The third-order valence-corrected chi connectivity index (χ3v) is 7.58. The summed E-state index contributed by atoms with van der Waals surface area (Å²) in [6, 6.07) is 19.6. The van der Waals surface area contributed by atoms with Crippen molar-refractivity contribution in [2.24, 2.45) is 0 Å². The van der Waals surface area contributed by atoms with Crippen molar-refractivity contribution >= 4 is 31.6 Å². The summed E-state index contributed by atoms with van der Waals surface area (Å²) in [4.78, 5) is 6.28. The first-order chi connectivity index (χ1) is 15.1. The van der Waals surface area contributed by atoms with Crippen LogP contribution in [0.4, 0.5) is 0 Å². The number of sulfonamides is 1. The Bertz CT molecular complexity index is 1290. The van der Waals surface area contributed by atoms with E-state index >= 15 is 0 Å². The second kappa shape index (κ2) is 8.30. The molecule has 6 nitrogen and oxygen atoms in total. The zero-order valence-electron chi connectivity index (χ0n) is 16.5. The van der Waals surface area contributed by atoms with E-state index < -0.39 is 16.1 Å². The number of nitrogens with one attached hydrogen (secondary N) is 1. The highest BCUT2D eigenvalue weighted by molar-refractivity contribution is 7.89. The Morgan fingerprint density at radius 1 is 0.935 bits per heavy atom. The lowest BCUT2D eigenvalue weighted by Gasteiger charge is -2.19. The summed E-state index contributed by atoms with van der Waals surface area (Å²) in [6.07, 6.45) is 2.49. The molecule has 0 bridgehead atoms. The second-order valence-electron chi connectivity index (χ2n) is 7.17. The van der Waals surface area contributed by atoms with Crippen molar-refractivity contribution in [1.29, 1.82) is 0 Å². The molecule has 0 amide bonds. The van der Waals surface area contributed by atoms with Crippen molar-refractivity contribution in [1.82, 2.24) is 9.71 Å². The predicted octanol–water partition coefficient (Wildman–Crippen LogP) is 4.53. The number of fused-ring (bicyclic) bond motifs is 2. The Balaban J connectivity index is 1.54. The van der Waals surface area contributed by atoms with E-state index in [0.29, 0.717) is 24.7 Å². The van der Waals surface area contributed by atoms with Gasteiger partial charge in [0.15, 0.2) is 11.5 Å². The van der Waals surface area contributed by atoms with Crippen LogP contribution in [0, 0.1) is 0 Å². The first-order valence-electron chi connectivity index (χ1n) is 9.91. The fraction of sp³-hybridized carbons (Fsp3) is 0.174. The number of ether oxygens (including phenoxy) is 2. The van der Waals surface area contributed by atoms with Crippen LogP contribution in [0.5, 0.6) is 11.5 Å². The number of hydrogen-bond acceptors (Lipinski definition) is 6. The minimum atomic E-state index is -3.84. The molecule has 1 aliphatic rings. The molecule has 0 unspecified atom stereocenters. The number of hydrogen-bond donors (Lipinski definition) is 1. The summed E-state index contributed by atoms with van der Waals surface area (Å²) in [5.41, 5.74) is 0.854. The summed E-state index contributed by atoms with van der Waals surface area (Å²) >= 11 is 1.48. The van der Waals surface area contributed by atoms with E-state index in [9.17, 15) is 8.42 Å². The van der Waals surface area contributed by atoms with Gasteiger partial charge in [-0.05, 0) is 29.8 Å². The maximum atomic E-state index is 13.4. The summed E-state index contributed by atoms with van der Waals surface area (Å²) < 4.78 is 40.9. The van der Waals surface area contributed by atoms with Crippen LogP contribution < -0.4 is 14.2 Å². The van der Waals surface area contributed by atoms with E-state index in [1.54, 1.807) is 18.3 Å². The molecule has 0 aliphatic carbocycles. The van der Waals surface area contributed by atoms with Gasteiger partial charge in [0.25, 0.3) is 0 Å². The molecule has 5 rings (SSSR count). The molecule has 4 aromatic rings. The van der Waals surface area contributed by atoms with Gasteiger partial charge in [0, 0.05) is 28.9 Å². The van der Waals surface area contributed by atoms with Crippen molar-refractivity contribution in [3.8, 4) is 11.5 Å². The van der Waals surface area contributed by atoms with E-state index in [-0.39, 0.29) is 4.90 Å². The largest absolute Gasteiger partial charge is 0.490 e. The molecule has 0 radical (unpaired) electrons. The summed E-state index contributed by atoms with van der Waals surface area (Å²) in [5, 5.41) is 0.984. The Morgan fingerprint density at radius 2 is 1.74 bits per heavy atom. The van der Waals surface area contributed by atoms with E-state index in [0.717, 1.165) is 27.1 Å². The lowest BCUT2D eigenvalue weighted by Crippen LogP contribution is -2.29. The molecule has 0 fully saturated rings. The van der Waals surface area contributed by atoms with Gasteiger partial charge in [-0.25, -0.2) is 13.4 Å². The van der Waals surface area contributed by atoms with Gasteiger partial charge in [-0.15, -0.1) is 11.3 Å². The molecule has 2 aromatic heterocycles. The Morgan fingerprint density at radius 3 is 2.55 bits per heavy atom. The molecule has 0 spiro atoms. The van der Waals surface area contributed by atoms with Crippen LogP contribution in [0.25, 0.3) is 10.2 Å². The summed E-state index contributed by atoms with van der Waals surface area (Å²) in [6.45, 7) is 1.04. The maximum absolute atomic E-state index is 13.4. The van der Waals surface area contributed by atoms with Crippen molar-refractivity contribution in [3.63, 3.8) is 0 Å². The summed E-state index contributed by atoms with van der Waals surface area (Å²) in [7, 11) is -3.84. The fourth-order valence-corrected chi connectivity index (χ4v) is 5.88. The van der Waals surface area contributed by atoms with Gasteiger partial charge in [0.05, 0.1) is 24.2 Å². The molecule has 1 atom stereocenters.